The Kier molecular flexibility index (Phi) is 6.40. The van der Waals surface area contributed by atoms with Gasteiger partial charge in [0.25, 0.3) is 5.91 Å². The maximum Gasteiger partial charge on any atom is 0.409 e. The second kappa shape index (κ2) is 9.49. The molecular weight excluding hydrogens is 449 g/mol. The van der Waals surface area contributed by atoms with E-state index in [4.69, 9.17) is 4.74 Å². The van der Waals surface area contributed by atoms with E-state index in [-0.39, 0.29) is 29.0 Å². The maximum absolute atomic E-state index is 14.3. The van der Waals surface area contributed by atoms with Crippen molar-refractivity contribution < 1.29 is 23.8 Å². The van der Waals surface area contributed by atoms with Crippen LogP contribution < -0.4 is 4.90 Å². The molecule has 5 rings (SSSR count). The second-order valence-electron chi connectivity index (χ2n) is 9.84. The molecule has 0 saturated carbocycles. The molecule has 0 radical (unpaired) electrons. The highest BCUT2D eigenvalue weighted by Crippen LogP contribution is 2.48. The van der Waals surface area contributed by atoms with Crippen molar-refractivity contribution in [1.82, 2.24) is 9.80 Å². The summed E-state index contributed by atoms with van der Waals surface area (Å²) in [6, 6.07) is 11.5. The van der Waals surface area contributed by atoms with Crippen molar-refractivity contribution in [1.29, 1.82) is 0 Å². The number of hydrogen-bond acceptors (Lipinski definition) is 5. The molecule has 2 aromatic carbocycles. The van der Waals surface area contributed by atoms with Crippen LogP contribution in [0.2, 0.25) is 0 Å². The van der Waals surface area contributed by atoms with Crippen LogP contribution in [0.5, 0.6) is 5.75 Å². The smallest absolute Gasteiger partial charge is 0.409 e. The van der Waals surface area contributed by atoms with Gasteiger partial charge in [0.15, 0.2) is 0 Å². The van der Waals surface area contributed by atoms with Gasteiger partial charge in [-0.05, 0) is 87.7 Å². The number of fused-ring (bicyclic) bond motifs is 2. The quantitative estimate of drug-likeness (QED) is 0.713. The Bertz CT molecular complexity index is 1110. The third-order valence-electron chi connectivity index (χ3n) is 7.88. The Morgan fingerprint density at radius 2 is 1.83 bits per heavy atom. The Balaban J connectivity index is 1.30. The van der Waals surface area contributed by atoms with Gasteiger partial charge in [-0.2, -0.15) is 0 Å². The van der Waals surface area contributed by atoms with Crippen LogP contribution in [0.25, 0.3) is 0 Å². The van der Waals surface area contributed by atoms with Crippen LogP contribution in [0.1, 0.15) is 48.5 Å². The Labute approximate surface area is 205 Å². The first-order valence-electron chi connectivity index (χ1n) is 12.5. The third-order valence-corrected chi connectivity index (χ3v) is 7.88. The molecule has 0 aliphatic carbocycles. The molecule has 3 heterocycles. The number of aromatic hydroxyl groups is 1. The summed E-state index contributed by atoms with van der Waals surface area (Å²) in [7, 11) is 0. The van der Waals surface area contributed by atoms with Crippen molar-refractivity contribution in [3.05, 3.63) is 59.4 Å². The van der Waals surface area contributed by atoms with E-state index in [0.29, 0.717) is 37.8 Å². The summed E-state index contributed by atoms with van der Waals surface area (Å²) in [6.07, 6.45) is 3.28. The lowest BCUT2D eigenvalue weighted by Gasteiger charge is -2.45. The minimum absolute atomic E-state index is 0.0476. The molecule has 8 heteroatoms. The van der Waals surface area contributed by atoms with Crippen molar-refractivity contribution in [2.45, 2.75) is 44.1 Å². The van der Waals surface area contributed by atoms with Gasteiger partial charge < -0.3 is 24.5 Å². The number of amides is 2. The third kappa shape index (κ3) is 4.47. The molecule has 2 aromatic rings. The lowest BCUT2D eigenvalue weighted by molar-refractivity contribution is 0.0576. The summed E-state index contributed by atoms with van der Waals surface area (Å²) in [4.78, 5) is 31.4. The molecule has 3 aliphatic heterocycles. The van der Waals surface area contributed by atoms with Crippen LogP contribution in [-0.4, -0.2) is 72.3 Å². The van der Waals surface area contributed by atoms with E-state index in [2.05, 4.69) is 4.90 Å². The summed E-state index contributed by atoms with van der Waals surface area (Å²) in [5.74, 6) is -0.422. The molecule has 0 bridgehead atoms. The van der Waals surface area contributed by atoms with E-state index in [1.165, 1.54) is 12.1 Å². The lowest BCUT2D eigenvalue weighted by Crippen LogP contribution is -2.52. The molecule has 2 fully saturated rings. The van der Waals surface area contributed by atoms with E-state index < -0.39 is 0 Å². The lowest BCUT2D eigenvalue weighted by atomic mass is 9.74. The van der Waals surface area contributed by atoms with Crippen LogP contribution in [0.3, 0.4) is 0 Å². The number of benzene rings is 2. The molecule has 0 atom stereocenters. The average Bonchev–Trinajstić information content (AvgIpc) is 3.17. The number of nitrogens with zero attached hydrogens (tertiary/aromatic N) is 3. The van der Waals surface area contributed by atoms with Crippen molar-refractivity contribution in [3.63, 3.8) is 0 Å². The van der Waals surface area contributed by atoms with Crippen LogP contribution in [0, 0.1) is 5.82 Å². The van der Waals surface area contributed by atoms with Gasteiger partial charge in [-0.15, -0.1) is 0 Å². The largest absolute Gasteiger partial charge is 0.508 e. The van der Waals surface area contributed by atoms with Crippen molar-refractivity contribution >= 4 is 17.7 Å². The summed E-state index contributed by atoms with van der Waals surface area (Å²) in [5.41, 5.74) is 1.80. The first-order valence-corrected chi connectivity index (χ1v) is 12.5. The summed E-state index contributed by atoms with van der Waals surface area (Å²) in [6.45, 7) is 5.86. The fourth-order valence-corrected chi connectivity index (χ4v) is 5.99. The molecule has 0 aromatic heterocycles. The van der Waals surface area contributed by atoms with Crippen LogP contribution in [0.4, 0.5) is 14.9 Å². The van der Waals surface area contributed by atoms with E-state index in [0.717, 1.165) is 50.0 Å². The number of carbonyl (C=O) groups excluding carboxylic acids is 2. The van der Waals surface area contributed by atoms with Crippen LogP contribution in [0.15, 0.2) is 42.5 Å². The molecular formula is C27H32FN3O4. The SMILES string of the molecule is CCOC(=O)N1CCC(N2CCC3(CC2)CN(C(=O)c2cccc(O)c2)c2ccc(F)cc23)CC1. The molecule has 7 nitrogen and oxygen atoms in total. The summed E-state index contributed by atoms with van der Waals surface area (Å²) < 4.78 is 19.5. The van der Waals surface area contributed by atoms with Crippen molar-refractivity contribution in [2.24, 2.45) is 0 Å². The minimum atomic E-state index is -0.288. The van der Waals surface area contributed by atoms with Crippen molar-refractivity contribution in [3.8, 4) is 5.75 Å². The molecule has 35 heavy (non-hydrogen) atoms. The Morgan fingerprint density at radius 3 is 2.51 bits per heavy atom. The zero-order valence-electron chi connectivity index (χ0n) is 20.1. The number of carbonyl (C=O) groups is 2. The molecule has 0 unspecified atom stereocenters. The summed E-state index contributed by atoms with van der Waals surface area (Å²) in [5, 5.41) is 9.85. The van der Waals surface area contributed by atoms with Gasteiger partial charge in [-0.25, -0.2) is 9.18 Å². The Hall–Kier alpha value is -3.13. The van der Waals surface area contributed by atoms with E-state index in [1.54, 1.807) is 40.1 Å². The predicted molar refractivity (Wildman–Crippen MR) is 130 cm³/mol. The highest BCUT2D eigenvalue weighted by atomic mass is 19.1. The first kappa shape index (κ1) is 23.6. The van der Waals surface area contributed by atoms with E-state index in [9.17, 15) is 19.1 Å². The topological polar surface area (TPSA) is 73.3 Å². The number of likely N-dealkylation sites (tertiary alicyclic amines) is 2. The average molecular weight is 482 g/mol. The summed E-state index contributed by atoms with van der Waals surface area (Å²) >= 11 is 0. The highest BCUT2D eigenvalue weighted by molar-refractivity contribution is 6.08. The fourth-order valence-electron chi connectivity index (χ4n) is 5.99. The zero-order chi connectivity index (χ0) is 24.6. The van der Waals surface area contributed by atoms with E-state index in [1.807, 2.05) is 6.92 Å². The monoisotopic (exact) mass is 481 g/mol. The van der Waals surface area contributed by atoms with Crippen molar-refractivity contribution in [2.75, 3.05) is 44.2 Å². The number of ether oxygens (including phenoxy) is 1. The number of halogens is 1. The van der Waals surface area contributed by atoms with Gasteiger partial charge in [0.1, 0.15) is 11.6 Å². The number of piperidine rings is 2. The van der Waals surface area contributed by atoms with Gasteiger partial charge >= 0.3 is 6.09 Å². The molecule has 3 aliphatic rings. The Morgan fingerprint density at radius 1 is 1.09 bits per heavy atom. The van der Waals surface area contributed by atoms with Gasteiger partial charge in [0.05, 0.1) is 6.61 Å². The first-order chi connectivity index (χ1) is 16.9. The number of anilines is 1. The van der Waals surface area contributed by atoms with E-state index >= 15 is 0 Å². The van der Waals surface area contributed by atoms with Crippen LogP contribution in [-0.2, 0) is 10.2 Å². The zero-order valence-corrected chi connectivity index (χ0v) is 20.1. The molecule has 2 saturated heterocycles. The second-order valence-corrected chi connectivity index (χ2v) is 9.84. The molecule has 1 spiro atoms. The van der Waals surface area contributed by atoms with Gasteiger partial charge in [0.2, 0.25) is 0 Å². The number of hydrogen-bond donors (Lipinski definition) is 1. The standard InChI is InChI=1S/C27H32FN3O4/c1-2-35-26(34)30-12-8-21(9-13-30)29-14-10-27(11-15-29)18-31(24-7-6-20(28)17-23(24)27)25(33)19-4-3-5-22(32)16-19/h3-7,16-17,21,32H,2,8-15,18H2,1H3. The van der Waals surface area contributed by atoms with Gasteiger partial charge in [-0.1, -0.05) is 6.07 Å². The normalized spacial score (nSPS) is 20.2. The molecule has 186 valence electrons. The maximum atomic E-state index is 14.3. The predicted octanol–water partition coefficient (Wildman–Crippen LogP) is 4.15. The number of phenolic OH excluding ortho intramolecular Hbond substituents is 1. The minimum Gasteiger partial charge on any atom is -0.508 e. The number of phenols is 1. The molecule has 1 N–H and O–H groups in total. The highest BCUT2D eigenvalue weighted by Gasteiger charge is 2.47. The fraction of sp³-hybridized carbons (Fsp3) is 0.481. The van der Waals surface area contributed by atoms with Gasteiger partial charge in [0, 0.05) is 42.3 Å². The van der Waals surface area contributed by atoms with Crippen LogP contribution >= 0.6 is 0 Å². The molecule has 2 amide bonds. The number of rotatable bonds is 3. The van der Waals surface area contributed by atoms with Gasteiger partial charge in [-0.3, -0.25) is 4.79 Å².